The number of ether oxygens (including phenoxy) is 1. The van der Waals surface area contributed by atoms with Crippen molar-refractivity contribution in [3.8, 4) is 0 Å². The van der Waals surface area contributed by atoms with Crippen LogP contribution in [0.25, 0.3) is 0 Å². The quantitative estimate of drug-likeness (QED) is 0.694. The standard InChI is InChI=1S/C15H29NO4/c1-6-12(7-2)16(10-11-17)13(18)8-9-14(19)20-15(3,4)5/h12,17H,6-11H2,1-5H3. The molecule has 1 amide bonds. The van der Waals surface area contributed by atoms with Gasteiger partial charge in [-0.15, -0.1) is 0 Å². The Balaban J connectivity index is 4.43. The largest absolute Gasteiger partial charge is 0.460 e. The first-order valence-corrected chi connectivity index (χ1v) is 7.37. The van der Waals surface area contributed by atoms with Crippen molar-refractivity contribution in [2.24, 2.45) is 0 Å². The average molecular weight is 287 g/mol. The molecule has 0 aliphatic carbocycles. The van der Waals surface area contributed by atoms with Gasteiger partial charge in [0.25, 0.3) is 0 Å². The van der Waals surface area contributed by atoms with E-state index in [2.05, 4.69) is 0 Å². The second-order valence-corrected chi connectivity index (χ2v) is 5.87. The zero-order chi connectivity index (χ0) is 15.8. The van der Waals surface area contributed by atoms with Crippen molar-refractivity contribution in [3.63, 3.8) is 0 Å². The van der Waals surface area contributed by atoms with E-state index in [1.54, 1.807) is 25.7 Å². The van der Waals surface area contributed by atoms with E-state index in [1.165, 1.54) is 0 Å². The van der Waals surface area contributed by atoms with Crippen LogP contribution in [0.2, 0.25) is 0 Å². The smallest absolute Gasteiger partial charge is 0.306 e. The predicted molar refractivity (Wildman–Crippen MR) is 78.2 cm³/mol. The van der Waals surface area contributed by atoms with Gasteiger partial charge in [-0.25, -0.2) is 0 Å². The molecule has 0 saturated heterocycles. The molecule has 0 aromatic rings. The van der Waals surface area contributed by atoms with Crippen LogP contribution >= 0.6 is 0 Å². The molecule has 0 atom stereocenters. The fourth-order valence-corrected chi connectivity index (χ4v) is 2.09. The van der Waals surface area contributed by atoms with E-state index < -0.39 is 5.60 Å². The molecule has 1 N–H and O–H groups in total. The van der Waals surface area contributed by atoms with Gasteiger partial charge >= 0.3 is 5.97 Å². The molecular formula is C15H29NO4. The first-order chi connectivity index (χ1) is 9.25. The lowest BCUT2D eigenvalue weighted by atomic mass is 10.1. The normalized spacial score (nSPS) is 11.6. The van der Waals surface area contributed by atoms with Crippen molar-refractivity contribution in [3.05, 3.63) is 0 Å². The summed E-state index contributed by atoms with van der Waals surface area (Å²) in [4.78, 5) is 25.5. The van der Waals surface area contributed by atoms with Crippen molar-refractivity contribution in [2.75, 3.05) is 13.2 Å². The van der Waals surface area contributed by atoms with E-state index in [0.717, 1.165) is 12.8 Å². The average Bonchev–Trinajstić information content (AvgIpc) is 2.34. The third-order valence-electron chi connectivity index (χ3n) is 3.01. The topological polar surface area (TPSA) is 66.8 Å². The molecule has 0 radical (unpaired) electrons. The molecule has 0 aliphatic rings. The molecule has 0 spiro atoms. The van der Waals surface area contributed by atoms with Gasteiger partial charge in [0.15, 0.2) is 0 Å². The Hall–Kier alpha value is -1.10. The number of rotatable bonds is 8. The fraction of sp³-hybridized carbons (Fsp3) is 0.867. The summed E-state index contributed by atoms with van der Waals surface area (Å²) in [6.45, 7) is 9.69. The van der Waals surface area contributed by atoms with E-state index in [-0.39, 0.29) is 37.4 Å². The number of aliphatic hydroxyl groups excluding tert-OH is 1. The Morgan fingerprint density at radius 3 is 2.10 bits per heavy atom. The van der Waals surface area contributed by atoms with Crippen LogP contribution < -0.4 is 0 Å². The zero-order valence-corrected chi connectivity index (χ0v) is 13.4. The summed E-state index contributed by atoms with van der Waals surface area (Å²) in [7, 11) is 0. The molecule has 0 unspecified atom stereocenters. The van der Waals surface area contributed by atoms with Gasteiger partial charge in [0, 0.05) is 19.0 Å². The summed E-state index contributed by atoms with van der Waals surface area (Å²) in [5.74, 6) is -0.460. The maximum absolute atomic E-state index is 12.2. The number of esters is 1. The summed E-state index contributed by atoms with van der Waals surface area (Å²) < 4.78 is 5.18. The molecule has 5 nitrogen and oxygen atoms in total. The van der Waals surface area contributed by atoms with Crippen LogP contribution in [0.1, 0.15) is 60.3 Å². The number of carbonyl (C=O) groups excluding carboxylic acids is 2. The molecule has 118 valence electrons. The third kappa shape index (κ3) is 7.48. The molecule has 0 rings (SSSR count). The molecule has 5 heteroatoms. The van der Waals surface area contributed by atoms with Crippen LogP contribution in [0.4, 0.5) is 0 Å². The Morgan fingerprint density at radius 2 is 1.70 bits per heavy atom. The number of amides is 1. The number of hydrogen-bond donors (Lipinski definition) is 1. The van der Waals surface area contributed by atoms with Gasteiger partial charge in [-0.3, -0.25) is 9.59 Å². The minimum Gasteiger partial charge on any atom is -0.460 e. The van der Waals surface area contributed by atoms with Gasteiger partial charge in [0.2, 0.25) is 5.91 Å². The highest BCUT2D eigenvalue weighted by Crippen LogP contribution is 2.13. The Bertz CT molecular complexity index is 305. The lowest BCUT2D eigenvalue weighted by molar-refractivity contribution is -0.156. The Kier molecular flexibility index (Phi) is 8.46. The summed E-state index contributed by atoms with van der Waals surface area (Å²) >= 11 is 0. The lowest BCUT2D eigenvalue weighted by Crippen LogP contribution is -2.41. The van der Waals surface area contributed by atoms with Crippen molar-refractivity contribution >= 4 is 11.9 Å². The second kappa shape index (κ2) is 8.95. The van der Waals surface area contributed by atoms with Crippen molar-refractivity contribution in [1.29, 1.82) is 0 Å². The van der Waals surface area contributed by atoms with Crippen LogP contribution in [0, 0.1) is 0 Å². The van der Waals surface area contributed by atoms with Gasteiger partial charge in [0.1, 0.15) is 5.60 Å². The summed E-state index contributed by atoms with van der Waals surface area (Å²) in [5, 5.41) is 9.07. The highest BCUT2D eigenvalue weighted by molar-refractivity contribution is 5.81. The van der Waals surface area contributed by atoms with Gasteiger partial charge in [0.05, 0.1) is 13.0 Å². The highest BCUT2D eigenvalue weighted by Gasteiger charge is 2.22. The molecular weight excluding hydrogens is 258 g/mol. The minimum absolute atomic E-state index is 0.0608. The zero-order valence-electron chi connectivity index (χ0n) is 13.4. The lowest BCUT2D eigenvalue weighted by Gasteiger charge is -2.30. The Morgan fingerprint density at radius 1 is 1.15 bits per heavy atom. The van der Waals surface area contributed by atoms with E-state index in [1.807, 2.05) is 13.8 Å². The van der Waals surface area contributed by atoms with Crippen LogP contribution in [0.5, 0.6) is 0 Å². The number of nitrogens with zero attached hydrogens (tertiary/aromatic N) is 1. The van der Waals surface area contributed by atoms with Crippen LogP contribution in [0.15, 0.2) is 0 Å². The summed E-state index contributed by atoms with van der Waals surface area (Å²) in [6, 6.07) is 0.119. The highest BCUT2D eigenvalue weighted by atomic mass is 16.6. The molecule has 0 aromatic heterocycles. The van der Waals surface area contributed by atoms with Gasteiger partial charge < -0.3 is 14.7 Å². The van der Waals surface area contributed by atoms with Crippen LogP contribution in [-0.2, 0) is 14.3 Å². The number of hydrogen-bond acceptors (Lipinski definition) is 4. The van der Waals surface area contributed by atoms with E-state index in [9.17, 15) is 9.59 Å². The second-order valence-electron chi connectivity index (χ2n) is 5.87. The fourth-order valence-electron chi connectivity index (χ4n) is 2.09. The molecule has 0 fully saturated rings. The third-order valence-corrected chi connectivity index (χ3v) is 3.01. The molecule has 0 heterocycles. The van der Waals surface area contributed by atoms with E-state index in [0.29, 0.717) is 6.54 Å². The monoisotopic (exact) mass is 287 g/mol. The van der Waals surface area contributed by atoms with E-state index in [4.69, 9.17) is 9.84 Å². The van der Waals surface area contributed by atoms with Crippen LogP contribution in [0.3, 0.4) is 0 Å². The Labute approximate surface area is 122 Å². The van der Waals surface area contributed by atoms with E-state index >= 15 is 0 Å². The van der Waals surface area contributed by atoms with Crippen LogP contribution in [-0.4, -0.2) is 46.7 Å². The number of carbonyl (C=O) groups is 2. The summed E-state index contributed by atoms with van der Waals surface area (Å²) in [6.07, 6.45) is 1.90. The molecule has 0 bridgehead atoms. The SMILES string of the molecule is CCC(CC)N(CCO)C(=O)CCC(=O)OC(C)(C)C. The first-order valence-electron chi connectivity index (χ1n) is 7.37. The van der Waals surface area contributed by atoms with Crippen molar-refractivity contribution in [2.45, 2.75) is 71.9 Å². The first kappa shape index (κ1) is 18.9. The maximum atomic E-state index is 12.2. The summed E-state index contributed by atoms with van der Waals surface area (Å²) in [5.41, 5.74) is -0.527. The van der Waals surface area contributed by atoms with Crippen molar-refractivity contribution in [1.82, 2.24) is 4.90 Å². The van der Waals surface area contributed by atoms with Gasteiger partial charge in [-0.2, -0.15) is 0 Å². The molecule has 0 saturated carbocycles. The van der Waals surface area contributed by atoms with Crippen molar-refractivity contribution < 1.29 is 19.4 Å². The molecule has 20 heavy (non-hydrogen) atoms. The predicted octanol–water partition coefficient (Wildman–Crippen LogP) is 2.12. The molecule has 0 aromatic carbocycles. The molecule has 0 aliphatic heterocycles. The minimum atomic E-state index is -0.527. The van der Waals surface area contributed by atoms with Gasteiger partial charge in [-0.1, -0.05) is 13.8 Å². The number of aliphatic hydroxyl groups is 1. The van der Waals surface area contributed by atoms with Gasteiger partial charge in [-0.05, 0) is 33.6 Å². The maximum Gasteiger partial charge on any atom is 0.306 e.